The Morgan fingerprint density at radius 1 is 1.29 bits per heavy atom. The van der Waals surface area contributed by atoms with Crippen LogP contribution in [0.2, 0.25) is 0 Å². The number of aromatic nitrogens is 1. The Hall–Kier alpha value is -0.960. The second-order valence-electron chi connectivity index (χ2n) is 4.37. The van der Waals surface area contributed by atoms with E-state index in [-0.39, 0.29) is 5.82 Å². The van der Waals surface area contributed by atoms with Crippen LogP contribution in [0.15, 0.2) is 18.3 Å². The van der Waals surface area contributed by atoms with Gasteiger partial charge in [0.25, 0.3) is 0 Å². The Morgan fingerprint density at radius 3 is 2.53 bits per heavy atom. The van der Waals surface area contributed by atoms with Crippen LogP contribution in [0.4, 0.5) is 4.39 Å². The number of hydrogen-bond acceptors (Lipinski definition) is 2. The van der Waals surface area contributed by atoms with E-state index < -0.39 is 0 Å². The quantitative estimate of drug-likeness (QED) is 0.786. The van der Waals surface area contributed by atoms with Crippen LogP contribution in [0.5, 0.6) is 0 Å². The average molecular weight is 238 g/mol. The zero-order chi connectivity index (χ0) is 12.7. The number of rotatable bonds is 7. The van der Waals surface area contributed by atoms with Crippen molar-refractivity contribution < 1.29 is 4.39 Å². The van der Waals surface area contributed by atoms with Crippen LogP contribution in [-0.4, -0.2) is 17.6 Å². The highest BCUT2D eigenvalue weighted by molar-refractivity contribution is 5.13. The van der Waals surface area contributed by atoms with Gasteiger partial charge in [-0.1, -0.05) is 27.2 Å². The van der Waals surface area contributed by atoms with Crippen molar-refractivity contribution in [3.8, 4) is 0 Å². The molecule has 1 rings (SSSR count). The summed E-state index contributed by atoms with van der Waals surface area (Å²) in [6.07, 6.45) is 4.62. The summed E-state index contributed by atoms with van der Waals surface area (Å²) in [5.41, 5.74) is 0.994. The van der Waals surface area contributed by atoms with E-state index in [0.717, 1.165) is 31.5 Å². The Balaban J connectivity index is 2.83. The molecule has 1 N–H and O–H groups in total. The van der Waals surface area contributed by atoms with E-state index in [0.29, 0.717) is 12.0 Å². The number of hydrogen-bond donors (Lipinski definition) is 1. The lowest BCUT2D eigenvalue weighted by Gasteiger charge is -2.26. The molecule has 17 heavy (non-hydrogen) atoms. The van der Waals surface area contributed by atoms with Crippen molar-refractivity contribution in [3.63, 3.8) is 0 Å². The third-order valence-electron chi connectivity index (χ3n) is 3.12. The van der Waals surface area contributed by atoms with Crippen LogP contribution >= 0.6 is 0 Å². The Kier molecular flexibility index (Phi) is 6.12. The third kappa shape index (κ3) is 4.08. The van der Waals surface area contributed by atoms with E-state index in [1.165, 1.54) is 12.3 Å². The van der Waals surface area contributed by atoms with Crippen molar-refractivity contribution in [1.29, 1.82) is 0 Å². The van der Waals surface area contributed by atoms with Gasteiger partial charge in [-0.05, 0) is 31.5 Å². The lowest BCUT2D eigenvalue weighted by Crippen LogP contribution is -2.35. The molecular weight excluding hydrogens is 215 g/mol. The highest BCUT2D eigenvalue weighted by Crippen LogP contribution is 2.24. The molecule has 2 nitrogen and oxygen atoms in total. The number of pyridine rings is 1. The van der Waals surface area contributed by atoms with Gasteiger partial charge in [-0.15, -0.1) is 0 Å². The second-order valence-corrected chi connectivity index (χ2v) is 4.37. The Labute approximate surface area is 104 Å². The predicted molar refractivity (Wildman–Crippen MR) is 69.6 cm³/mol. The molecule has 0 bridgehead atoms. The molecule has 1 aromatic heterocycles. The van der Waals surface area contributed by atoms with Gasteiger partial charge in [0.05, 0.1) is 6.20 Å². The topological polar surface area (TPSA) is 24.9 Å². The lowest BCUT2D eigenvalue weighted by atomic mass is 9.90. The molecule has 96 valence electrons. The fourth-order valence-electron chi connectivity index (χ4n) is 2.33. The van der Waals surface area contributed by atoms with Gasteiger partial charge < -0.3 is 5.32 Å². The molecule has 0 amide bonds. The number of nitrogens with zero attached hydrogens (tertiary/aromatic N) is 1. The first kappa shape index (κ1) is 14.1. The number of halogens is 1. The summed E-state index contributed by atoms with van der Waals surface area (Å²) in [7, 11) is 0. The maximum atomic E-state index is 12.9. The smallest absolute Gasteiger partial charge is 0.141 e. The number of nitrogens with one attached hydrogen (secondary N) is 1. The van der Waals surface area contributed by atoms with Gasteiger partial charge in [0.15, 0.2) is 0 Å². The van der Waals surface area contributed by atoms with Crippen molar-refractivity contribution in [1.82, 2.24) is 10.3 Å². The first-order valence-corrected chi connectivity index (χ1v) is 6.57. The molecule has 0 spiro atoms. The zero-order valence-corrected chi connectivity index (χ0v) is 11.0. The van der Waals surface area contributed by atoms with Crippen LogP contribution in [-0.2, 0) is 0 Å². The van der Waals surface area contributed by atoms with Gasteiger partial charge in [0, 0.05) is 17.7 Å². The molecule has 2 unspecified atom stereocenters. The van der Waals surface area contributed by atoms with Crippen LogP contribution < -0.4 is 5.32 Å². The summed E-state index contributed by atoms with van der Waals surface area (Å²) in [6, 6.07) is 3.75. The summed E-state index contributed by atoms with van der Waals surface area (Å²) in [5.74, 6) is 0.106. The van der Waals surface area contributed by atoms with Gasteiger partial charge >= 0.3 is 0 Å². The second kappa shape index (κ2) is 7.38. The first-order chi connectivity index (χ1) is 8.22. The van der Waals surface area contributed by atoms with Crippen LogP contribution in [0.25, 0.3) is 0 Å². The SMILES string of the molecule is CCCC(NCC)C(CC)c1ccc(F)cn1. The van der Waals surface area contributed by atoms with Crippen LogP contribution in [0.3, 0.4) is 0 Å². The minimum absolute atomic E-state index is 0.265. The van der Waals surface area contributed by atoms with Crippen molar-refractivity contribution in [2.24, 2.45) is 0 Å². The van der Waals surface area contributed by atoms with E-state index in [1.54, 1.807) is 0 Å². The molecule has 3 heteroatoms. The van der Waals surface area contributed by atoms with E-state index in [1.807, 2.05) is 6.07 Å². The van der Waals surface area contributed by atoms with Crippen molar-refractivity contribution in [2.45, 2.75) is 52.0 Å². The minimum atomic E-state index is -0.265. The van der Waals surface area contributed by atoms with Crippen molar-refractivity contribution >= 4 is 0 Å². The Bertz CT molecular complexity index is 305. The molecule has 2 atom stereocenters. The fraction of sp³-hybridized carbons (Fsp3) is 0.643. The highest BCUT2D eigenvalue weighted by Gasteiger charge is 2.21. The van der Waals surface area contributed by atoms with E-state index in [2.05, 4.69) is 31.1 Å². The molecule has 0 aliphatic carbocycles. The van der Waals surface area contributed by atoms with Gasteiger partial charge in [0.1, 0.15) is 5.82 Å². The van der Waals surface area contributed by atoms with Gasteiger partial charge in [0.2, 0.25) is 0 Å². The molecule has 1 heterocycles. The van der Waals surface area contributed by atoms with E-state index in [9.17, 15) is 4.39 Å². The minimum Gasteiger partial charge on any atom is -0.314 e. The van der Waals surface area contributed by atoms with E-state index >= 15 is 0 Å². The van der Waals surface area contributed by atoms with Crippen molar-refractivity contribution in [2.75, 3.05) is 6.54 Å². The summed E-state index contributed by atoms with van der Waals surface area (Å²) in [6.45, 7) is 7.43. The normalized spacial score (nSPS) is 14.6. The number of likely N-dealkylation sites (N-methyl/N-ethyl adjacent to an activating group) is 1. The molecular formula is C14H23FN2. The molecule has 0 saturated carbocycles. The van der Waals surface area contributed by atoms with Crippen LogP contribution in [0.1, 0.15) is 51.6 Å². The lowest BCUT2D eigenvalue weighted by molar-refractivity contribution is 0.397. The monoisotopic (exact) mass is 238 g/mol. The molecule has 0 aromatic carbocycles. The zero-order valence-electron chi connectivity index (χ0n) is 11.0. The van der Waals surface area contributed by atoms with E-state index in [4.69, 9.17) is 0 Å². The standard InChI is InChI=1S/C14H23FN2/c1-4-7-13(16-6-3)12(5-2)14-9-8-11(15)10-17-14/h8-10,12-13,16H,4-7H2,1-3H3. The van der Waals surface area contributed by atoms with Crippen LogP contribution in [0, 0.1) is 5.82 Å². The summed E-state index contributed by atoms with van der Waals surface area (Å²) < 4.78 is 12.9. The summed E-state index contributed by atoms with van der Waals surface area (Å²) in [5, 5.41) is 3.51. The summed E-state index contributed by atoms with van der Waals surface area (Å²) >= 11 is 0. The first-order valence-electron chi connectivity index (χ1n) is 6.57. The van der Waals surface area contributed by atoms with Gasteiger partial charge in [-0.25, -0.2) is 4.39 Å². The third-order valence-corrected chi connectivity index (χ3v) is 3.12. The molecule has 0 saturated heterocycles. The molecule has 0 aliphatic heterocycles. The Morgan fingerprint density at radius 2 is 2.06 bits per heavy atom. The largest absolute Gasteiger partial charge is 0.314 e. The molecule has 0 aliphatic rings. The van der Waals surface area contributed by atoms with Gasteiger partial charge in [-0.2, -0.15) is 0 Å². The summed E-state index contributed by atoms with van der Waals surface area (Å²) in [4.78, 5) is 4.22. The highest BCUT2D eigenvalue weighted by atomic mass is 19.1. The fourth-order valence-corrected chi connectivity index (χ4v) is 2.33. The average Bonchev–Trinajstić information content (AvgIpc) is 2.33. The maximum Gasteiger partial charge on any atom is 0.141 e. The van der Waals surface area contributed by atoms with Gasteiger partial charge in [-0.3, -0.25) is 4.98 Å². The van der Waals surface area contributed by atoms with Crippen molar-refractivity contribution in [3.05, 3.63) is 29.8 Å². The molecule has 0 radical (unpaired) electrons. The molecule has 1 aromatic rings. The predicted octanol–water partition coefficient (Wildman–Crippen LogP) is 3.49. The maximum absolute atomic E-state index is 12.9. The molecule has 0 fully saturated rings.